The third kappa shape index (κ3) is 3.42. The Labute approximate surface area is 101 Å². The molecule has 1 atom stereocenters. The fraction of sp³-hybridized carbons (Fsp3) is 0.417. The van der Waals surface area contributed by atoms with E-state index in [9.17, 15) is 4.79 Å². The molecule has 0 heterocycles. The maximum absolute atomic E-state index is 11.0. The smallest absolute Gasteiger partial charge is 0.250 e. The molecule has 1 rings (SSSR count). The molecule has 1 aromatic carbocycles. The summed E-state index contributed by atoms with van der Waals surface area (Å²) in [5.74, 6) is -0.502. The van der Waals surface area contributed by atoms with E-state index >= 15 is 0 Å². The van der Waals surface area contributed by atoms with Crippen LogP contribution in [0.3, 0.4) is 0 Å². The van der Waals surface area contributed by atoms with Crippen molar-refractivity contribution in [2.24, 2.45) is 5.73 Å². The van der Waals surface area contributed by atoms with E-state index in [-0.39, 0.29) is 0 Å². The molecule has 0 saturated carbocycles. The zero-order valence-electron chi connectivity index (χ0n) is 9.59. The summed E-state index contributed by atoms with van der Waals surface area (Å²) in [6.07, 6.45) is 2.22. The van der Waals surface area contributed by atoms with Crippen LogP contribution in [0.4, 0.5) is 5.69 Å². The molecule has 16 heavy (non-hydrogen) atoms. The highest BCUT2D eigenvalue weighted by atomic mass is 35.5. The number of rotatable bonds is 5. The van der Waals surface area contributed by atoms with Crippen molar-refractivity contribution < 1.29 is 4.79 Å². The number of carbonyl (C=O) groups excluding carboxylic acids is 1. The zero-order valence-corrected chi connectivity index (χ0v) is 10.3. The Balaban J connectivity index is 2.77. The molecule has 88 valence electrons. The largest absolute Gasteiger partial charge is 0.383 e. The van der Waals surface area contributed by atoms with Gasteiger partial charge in [0.1, 0.15) is 0 Å². The summed E-state index contributed by atoms with van der Waals surface area (Å²) in [5, 5.41) is 3.70. The van der Waals surface area contributed by atoms with E-state index < -0.39 is 5.91 Å². The predicted molar refractivity (Wildman–Crippen MR) is 68.0 cm³/mol. The van der Waals surface area contributed by atoms with Crippen molar-refractivity contribution in [3.8, 4) is 0 Å². The molecule has 3 N–H and O–H groups in total. The van der Waals surface area contributed by atoms with Gasteiger partial charge in [-0.25, -0.2) is 0 Å². The average molecular weight is 241 g/mol. The topological polar surface area (TPSA) is 55.1 Å². The van der Waals surface area contributed by atoms with Crippen LogP contribution in [0.25, 0.3) is 0 Å². The van der Waals surface area contributed by atoms with Gasteiger partial charge < -0.3 is 11.1 Å². The molecule has 0 spiro atoms. The number of nitrogens with two attached hydrogens (primary N) is 1. The van der Waals surface area contributed by atoms with Crippen molar-refractivity contribution in [3.05, 3.63) is 28.8 Å². The Morgan fingerprint density at radius 1 is 1.56 bits per heavy atom. The molecule has 3 nitrogen and oxygen atoms in total. The Morgan fingerprint density at radius 3 is 2.75 bits per heavy atom. The number of amides is 1. The molecule has 0 aromatic heterocycles. The minimum atomic E-state index is -0.502. The number of carbonyl (C=O) groups is 1. The number of benzene rings is 1. The van der Waals surface area contributed by atoms with E-state index in [2.05, 4.69) is 19.2 Å². The second-order valence-corrected chi connectivity index (χ2v) is 4.30. The molecular formula is C12H17ClN2O. The van der Waals surface area contributed by atoms with Crippen LogP contribution >= 0.6 is 11.6 Å². The second-order valence-electron chi connectivity index (χ2n) is 3.89. The van der Waals surface area contributed by atoms with Crippen LogP contribution in [0.1, 0.15) is 37.0 Å². The van der Waals surface area contributed by atoms with Crippen LogP contribution in [0, 0.1) is 0 Å². The van der Waals surface area contributed by atoms with Gasteiger partial charge >= 0.3 is 0 Å². The Kier molecular flexibility index (Phi) is 4.62. The summed E-state index contributed by atoms with van der Waals surface area (Å²) in [7, 11) is 0. The summed E-state index contributed by atoms with van der Waals surface area (Å²) in [5.41, 5.74) is 6.44. The van der Waals surface area contributed by atoms with Crippen LogP contribution in [-0.2, 0) is 0 Å². The Hall–Kier alpha value is -1.22. The monoisotopic (exact) mass is 240 g/mol. The second kappa shape index (κ2) is 5.75. The maximum atomic E-state index is 11.0. The van der Waals surface area contributed by atoms with Crippen molar-refractivity contribution in [3.63, 3.8) is 0 Å². The van der Waals surface area contributed by atoms with Gasteiger partial charge in [-0.3, -0.25) is 4.79 Å². The van der Waals surface area contributed by atoms with Crippen LogP contribution in [0.15, 0.2) is 18.2 Å². The van der Waals surface area contributed by atoms with Crippen LogP contribution in [0.5, 0.6) is 0 Å². The average Bonchev–Trinajstić information content (AvgIpc) is 2.17. The van der Waals surface area contributed by atoms with Crippen molar-refractivity contribution in [1.29, 1.82) is 0 Å². The standard InChI is InChI=1S/C12H17ClN2O/c1-3-4-8(2)15-9-5-6-10(12(14)16)11(13)7-9/h5-8,15H,3-4H2,1-2H3,(H2,14,16). The predicted octanol–water partition coefficient (Wildman–Crippen LogP) is 3.04. The lowest BCUT2D eigenvalue weighted by atomic mass is 10.1. The highest BCUT2D eigenvalue weighted by Gasteiger charge is 2.08. The van der Waals surface area contributed by atoms with Gasteiger partial charge in [-0.1, -0.05) is 24.9 Å². The molecule has 0 radical (unpaired) electrons. The van der Waals surface area contributed by atoms with Crippen molar-refractivity contribution in [1.82, 2.24) is 0 Å². The zero-order chi connectivity index (χ0) is 12.1. The first-order valence-electron chi connectivity index (χ1n) is 5.40. The van der Waals surface area contributed by atoms with Crippen molar-refractivity contribution in [2.45, 2.75) is 32.7 Å². The van der Waals surface area contributed by atoms with E-state index in [1.54, 1.807) is 12.1 Å². The van der Waals surface area contributed by atoms with Gasteiger partial charge in [0, 0.05) is 11.7 Å². The summed E-state index contributed by atoms with van der Waals surface area (Å²) in [6.45, 7) is 4.25. The summed E-state index contributed by atoms with van der Waals surface area (Å²) >= 11 is 5.94. The molecule has 0 saturated heterocycles. The SMILES string of the molecule is CCCC(C)Nc1ccc(C(N)=O)c(Cl)c1. The molecule has 0 aliphatic rings. The molecule has 0 aliphatic carbocycles. The van der Waals surface area contributed by atoms with Crippen LogP contribution in [0.2, 0.25) is 5.02 Å². The molecule has 1 unspecified atom stereocenters. The third-order valence-corrected chi connectivity index (χ3v) is 2.68. The van der Waals surface area contributed by atoms with Crippen LogP contribution < -0.4 is 11.1 Å². The summed E-state index contributed by atoms with van der Waals surface area (Å²) in [6, 6.07) is 5.58. The number of hydrogen-bond donors (Lipinski definition) is 2. The highest BCUT2D eigenvalue weighted by Crippen LogP contribution is 2.21. The van der Waals surface area contributed by atoms with Crippen molar-refractivity contribution >= 4 is 23.2 Å². The minimum Gasteiger partial charge on any atom is -0.383 e. The normalized spacial score (nSPS) is 12.2. The van der Waals surface area contributed by atoms with E-state index in [1.165, 1.54) is 0 Å². The number of primary amides is 1. The molecule has 1 aromatic rings. The fourth-order valence-electron chi connectivity index (χ4n) is 1.59. The summed E-state index contributed by atoms with van der Waals surface area (Å²) in [4.78, 5) is 11.0. The first-order valence-corrected chi connectivity index (χ1v) is 5.78. The number of anilines is 1. The molecule has 0 aliphatic heterocycles. The molecule has 4 heteroatoms. The molecule has 1 amide bonds. The lowest BCUT2D eigenvalue weighted by molar-refractivity contribution is 0.100. The Morgan fingerprint density at radius 2 is 2.25 bits per heavy atom. The first kappa shape index (κ1) is 12.8. The van der Waals surface area contributed by atoms with E-state index in [0.717, 1.165) is 18.5 Å². The quantitative estimate of drug-likeness (QED) is 0.831. The van der Waals surface area contributed by atoms with E-state index in [1.807, 2.05) is 6.07 Å². The lowest BCUT2D eigenvalue weighted by Crippen LogP contribution is -2.15. The van der Waals surface area contributed by atoms with Gasteiger partial charge in [-0.2, -0.15) is 0 Å². The van der Waals surface area contributed by atoms with Gasteiger partial charge in [0.05, 0.1) is 10.6 Å². The highest BCUT2D eigenvalue weighted by molar-refractivity contribution is 6.34. The first-order chi connectivity index (χ1) is 7.54. The molecule has 0 bridgehead atoms. The van der Waals surface area contributed by atoms with Crippen molar-refractivity contribution in [2.75, 3.05) is 5.32 Å². The van der Waals surface area contributed by atoms with Gasteiger partial charge in [0.15, 0.2) is 0 Å². The number of nitrogens with one attached hydrogen (secondary N) is 1. The van der Waals surface area contributed by atoms with Crippen LogP contribution in [-0.4, -0.2) is 11.9 Å². The third-order valence-electron chi connectivity index (χ3n) is 2.37. The van der Waals surface area contributed by atoms with Gasteiger partial charge in [-0.15, -0.1) is 0 Å². The molecular weight excluding hydrogens is 224 g/mol. The summed E-state index contributed by atoms with van der Waals surface area (Å²) < 4.78 is 0. The van der Waals surface area contributed by atoms with Gasteiger partial charge in [-0.05, 0) is 31.5 Å². The van der Waals surface area contributed by atoms with Gasteiger partial charge in [0.2, 0.25) is 5.91 Å². The van der Waals surface area contributed by atoms with Gasteiger partial charge in [0.25, 0.3) is 0 Å². The Bertz CT molecular complexity index is 379. The lowest BCUT2D eigenvalue weighted by Gasteiger charge is -2.14. The number of halogens is 1. The van der Waals surface area contributed by atoms with E-state index in [4.69, 9.17) is 17.3 Å². The van der Waals surface area contributed by atoms with E-state index in [0.29, 0.717) is 16.6 Å². The minimum absolute atomic E-state index is 0.357. The fourth-order valence-corrected chi connectivity index (χ4v) is 1.87. The molecule has 0 fully saturated rings. The maximum Gasteiger partial charge on any atom is 0.250 e. The number of hydrogen-bond acceptors (Lipinski definition) is 2.